The second-order valence-electron chi connectivity index (χ2n) is 11.5. The number of hydrogen-bond donors (Lipinski definition) is 2. The molecule has 2 N–H and O–H groups in total. The molecule has 0 aliphatic heterocycles. The van der Waals surface area contributed by atoms with Gasteiger partial charge in [0.1, 0.15) is 11.5 Å². The summed E-state index contributed by atoms with van der Waals surface area (Å²) in [5.74, 6) is -0.825. The van der Waals surface area contributed by atoms with Crippen LogP contribution in [0.5, 0.6) is 11.6 Å². The Morgan fingerprint density at radius 2 is 1.95 bits per heavy atom. The molecule has 224 valence electrons. The van der Waals surface area contributed by atoms with Crippen molar-refractivity contribution in [3.05, 3.63) is 48.0 Å². The van der Waals surface area contributed by atoms with Crippen LogP contribution in [0.1, 0.15) is 75.0 Å². The molecule has 42 heavy (non-hydrogen) atoms. The number of rotatable bonds is 14. The molecule has 3 atom stereocenters. The second-order valence-corrected chi connectivity index (χ2v) is 11.5. The highest BCUT2D eigenvalue weighted by atomic mass is 16.5. The average Bonchev–Trinajstić information content (AvgIpc) is 3.42. The van der Waals surface area contributed by atoms with Crippen molar-refractivity contribution in [3.63, 3.8) is 0 Å². The third-order valence-corrected chi connectivity index (χ3v) is 7.73. The predicted octanol–water partition coefficient (Wildman–Crippen LogP) is 4.79. The van der Waals surface area contributed by atoms with Crippen LogP contribution in [0, 0.1) is 24.7 Å². The smallest absolute Gasteiger partial charge is 0.232 e. The van der Waals surface area contributed by atoms with Gasteiger partial charge >= 0.3 is 0 Å². The zero-order chi connectivity index (χ0) is 30.2. The summed E-state index contributed by atoms with van der Waals surface area (Å²) < 4.78 is 11.0. The number of fused-ring (bicyclic) bond motifs is 1. The molecule has 0 spiro atoms. The summed E-state index contributed by atoms with van der Waals surface area (Å²) in [5.41, 5.74) is 1.87. The van der Waals surface area contributed by atoms with E-state index in [1.165, 1.54) is 12.4 Å². The molecule has 10 heteroatoms. The number of methoxy groups -OCH3 is 1. The molecule has 3 aromatic rings. The summed E-state index contributed by atoms with van der Waals surface area (Å²) in [5, 5.41) is 3.68. The molecule has 2 aromatic heterocycles. The Morgan fingerprint density at radius 3 is 2.64 bits per heavy atom. The monoisotopic (exact) mass is 576 g/mol. The Labute approximate surface area is 246 Å². The van der Waals surface area contributed by atoms with Crippen molar-refractivity contribution in [1.82, 2.24) is 20.3 Å². The Morgan fingerprint density at radius 1 is 1.14 bits per heavy atom. The topological polar surface area (TPSA) is 140 Å². The first-order valence-corrected chi connectivity index (χ1v) is 14.6. The van der Waals surface area contributed by atoms with Crippen molar-refractivity contribution in [2.75, 3.05) is 13.7 Å². The highest BCUT2D eigenvalue weighted by molar-refractivity contribution is 6.02. The van der Waals surface area contributed by atoms with Crippen LogP contribution >= 0.6 is 0 Å². The van der Waals surface area contributed by atoms with Crippen LogP contribution in [0.25, 0.3) is 10.9 Å². The van der Waals surface area contributed by atoms with Gasteiger partial charge in [0, 0.05) is 35.6 Å². The number of hydrogen-bond acceptors (Lipinski definition) is 8. The van der Waals surface area contributed by atoms with E-state index in [0.29, 0.717) is 36.4 Å². The number of aromatic amines is 1. The molecule has 0 bridgehead atoms. The minimum atomic E-state index is -0.926. The van der Waals surface area contributed by atoms with Crippen molar-refractivity contribution < 1.29 is 28.7 Å². The fourth-order valence-electron chi connectivity index (χ4n) is 5.49. The fourth-order valence-corrected chi connectivity index (χ4v) is 5.49. The maximum atomic E-state index is 13.7. The molecule has 0 radical (unpaired) electrons. The van der Waals surface area contributed by atoms with Crippen LogP contribution in [-0.4, -0.2) is 58.0 Å². The van der Waals surface area contributed by atoms with Gasteiger partial charge in [-0.05, 0) is 56.7 Å². The fraction of sp³-hybridized carbons (Fsp3) is 0.500. The summed E-state index contributed by atoms with van der Waals surface area (Å²) in [7, 11) is 1.57. The summed E-state index contributed by atoms with van der Waals surface area (Å²) >= 11 is 0. The van der Waals surface area contributed by atoms with E-state index in [2.05, 4.69) is 20.3 Å². The first-order valence-electron chi connectivity index (χ1n) is 14.6. The number of benzene rings is 1. The summed E-state index contributed by atoms with van der Waals surface area (Å²) in [4.78, 5) is 64.4. The number of carbonyl (C=O) groups is 4. The molecule has 4 rings (SSSR count). The summed E-state index contributed by atoms with van der Waals surface area (Å²) in [6.07, 6.45) is 6.51. The van der Waals surface area contributed by atoms with Crippen molar-refractivity contribution in [2.24, 2.45) is 17.8 Å². The number of amides is 1. The lowest BCUT2D eigenvalue weighted by Gasteiger charge is -2.27. The van der Waals surface area contributed by atoms with Crippen LogP contribution < -0.4 is 14.8 Å². The molecule has 1 fully saturated rings. The normalized spacial score (nSPS) is 16.7. The van der Waals surface area contributed by atoms with Crippen LogP contribution in [0.4, 0.5) is 0 Å². The van der Waals surface area contributed by atoms with Gasteiger partial charge < -0.3 is 19.8 Å². The number of Topliss-reactive ketones (excluding diaryl/α,β-unsaturated/α-hetero) is 3. The molecule has 10 nitrogen and oxygen atoms in total. The highest BCUT2D eigenvalue weighted by Gasteiger charge is 2.33. The molecule has 0 saturated heterocycles. The number of ketones is 3. The number of H-pyrrole nitrogens is 1. The molecule has 0 unspecified atom stereocenters. The van der Waals surface area contributed by atoms with E-state index in [1.54, 1.807) is 20.1 Å². The van der Waals surface area contributed by atoms with Gasteiger partial charge in [-0.3, -0.25) is 24.2 Å². The Balaban J connectivity index is 1.50. The van der Waals surface area contributed by atoms with Crippen molar-refractivity contribution in [3.8, 4) is 11.6 Å². The zero-order valence-electron chi connectivity index (χ0n) is 24.8. The quantitative estimate of drug-likeness (QED) is 0.261. The molecule has 1 amide bonds. The van der Waals surface area contributed by atoms with Gasteiger partial charge in [-0.25, -0.2) is 4.98 Å². The minimum Gasteiger partial charge on any atom is -0.496 e. The van der Waals surface area contributed by atoms with E-state index < -0.39 is 12.0 Å². The number of aromatic nitrogens is 3. The third-order valence-electron chi connectivity index (χ3n) is 7.73. The molecular formula is C32H40N4O6. The Kier molecular flexibility index (Phi) is 10.4. The molecule has 1 aliphatic carbocycles. The lowest BCUT2D eigenvalue weighted by atomic mass is 9.82. The van der Waals surface area contributed by atoms with E-state index in [4.69, 9.17) is 9.47 Å². The third kappa shape index (κ3) is 8.02. The molecular weight excluding hydrogens is 536 g/mol. The van der Waals surface area contributed by atoms with Gasteiger partial charge in [0.15, 0.2) is 18.2 Å². The van der Waals surface area contributed by atoms with Crippen LogP contribution in [0.2, 0.25) is 0 Å². The maximum absolute atomic E-state index is 13.7. The predicted molar refractivity (Wildman–Crippen MR) is 158 cm³/mol. The first kappa shape index (κ1) is 30.9. The zero-order valence-corrected chi connectivity index (χ0v) is 24.8. The summed E-state index contributed by atoms with van der Waals surface area (Å²) in [6, 6.07) is 6.34. The van der Waals surface area contributed by atoms with E-state index in [-0.39, 0.29) is 60.4 Å². The van der Waals surface area contributed by atoms with Gasteiger partial charge in [-0.2, -0.15) is 0 Å². The standard InChI is InChI=1S/C32H40N4O6/c1-19(2)12-22(14-28(38)26-15-23-24(35-26)9-7-11-30(23)41-4)32(40)36-25(13-21-8-5-6-10-27(21)37)29(39)18-42-31-17-33-20(3)16-34-31/h7,9,11,15-17,19,21-22,25,35H,5-6,8,10,12-14,18H2,1-4H3,(H,36,40)/t21-,22+,25-/m0/s1. The van der Waals surface area contributed by atoms with Gasteiger partial charge in [0.2, 0.25) is 11.8 Å². The number of nitrogens with one attached hydrogen (secondary N) is 2. The number of ether oxygens (including phenoxy) is 2. The van der Waals surface area contributed by atoms with Gasteiger partial charge in [0.05, 0.1) is 36.9 Å². The van der Waals surface area contributed by atoms with Crippen molar-refractivity contribution >= 4 is 34.2 Å². The van der Waals surface area contributed by atoms with Crippen molar-refractivity contribution in [2.45, 2.75) is 71.8 Å². The van der Waals surface area contributed by atoms with Gasteiger partial charge in [-0.15, -0.1) is 0 Å². The average molecular weight is 577 g/mol. The largest absolute Gasteiger partial charge is 0.496 e. The molecule has 1 saturated carbocycles. The number of nitrogens with zero attached hydrogens (tertiary/aromatic N) is 2. The van der Waals surface area contributed by atoms with Crippen molar-refractivity contribution in [1.29, 1.82) is 0 Å². The van der Waals surface area contributed by atoms with E-state index >= 15 is 0 Å². The minimum absolute atomic E-state index is 0.0299. The Hall–Kier alpha value is -4.08. The van der Waals surface area contributed by atoms with Gasteiger partial charge in [0.25, 0.3) is 0 Å². The van der Waals surface area contributed by atoms with Crippen LogP contribution in [-0.2, 0) is 14.4 Å². The molecule has 2 heterocycles. The summed E-state index contributed by atoms with van der Waals surface area (Å²) in [6.45, 7) is 5.44. The maximum Gasteiger partial charge on any atom is 0.232 e. The van der Waals surface area contributed by atoms with E-state index in [0.717, 1.165) is 23.7 Å². The van der Waals surface area contributed by atoms with E-state index in [1.807, 2.05) is 32.0 Å². The van der Waals surface area contributed by atoms with E-state index in [9.17, 15) is 19.2 Å². The second kappa shape index (κ2) is 14.2. The van der Waals surface area contributed by atoms with Gasteiger partial charge in [-0.1, -0.05) is 26.3 Å². The molecule has 1 aromatic carbocycles. The van der Waals surface area contributed by atoms with Crippen LogP contribution in [0.3, 0.4) is 0 Å². The van der Waals surface area contributed by atoms with Crippen LogP contribution in [0.15, 0.2) is 36.7 Å². The molecule has 1 aliphatic rings. The Bertz CT molecular complexity index is 1410. The number of aryl methyl sites for hydroxylation is 1. The lowest BCUT2D eigenvalue weighted by Crippen LogP contribution is -2.47. The lowest BCUT2D eigenvalue weighted by molar-refractivity contribution is -0.133. The number of carbonyl (C=O) groups excluding carboxylic acids is 4. The highest BCUT2D eigenvalue weighted by Crippen LogP contribution is 2.28. The SMILES string of the molecule is COc1cccc2[nH]c(C(=O)C[C@@H](CC(C)C)C(=O)N[C@@H](C[C@@H]3CCCCC3=O)C(=O)COc3cnc(C)cn3)cc12. The first-order chi connectivity index (χ1) is 20.1.